The van der Waals surface area contributed by atoms with Gasteiger partial charge in [-0.25, -0.2) is 0 Å². The average Bonchev–Trinajstić information content (AvgIpc) is 3.03. The maximum absolute atomic E-state index is 12.9. The molecular weight excluding hydrogens is 328 g/mol. The predicted molar refractivity (Wildman–Crippen MR) is 88.5 cm³/mol. The summed E-state index contributed by atoms with van der Waals surface area (Å²) in [5, 5.41) is 0.552. The Labute approximate surface area is 145 Å². The lowest BCUT2D eigenvalue weighted by Crippen LogP contribution is -2.53. The zero-order valence-electron chi connectivity index (χ0n) is 13.3. The van der Waals surface area contributed by atoms with Crippen molar-refractivity contribution >= 4 is 29.3 Å². The summed E-state index contributed by atoms with van der Waals surface area (Å²) in [5.74, 6) is -0.111. The minimum Gasteiger partial charge on any atom is -0.333 e. The zero-order valence-corrected chi connectivity index (χ0v) is 14.0. The number of carbonyl (C=O) groups is 3. The third-order valence-corrected chi connectivity index (χ3v) is 5.70. The Balaban J connectivity index is 1.54. The lowest BCUT2D eigenvalue weighted by molar-refractivity contribution is -0.142. The number of amides is 3. The van der Waals surface area contributed by atoms with Crippen LogP contribution in [0.1, 0.15) is 48.9 Å². The van der Waals surface area contributed by atoms with E-state index < -0.39 is 0 Å². The van der Waals surface area contributed by atoms with E-state index in [1.54, 1.807) is 24.3 Å². The fraction of sp³-hybridized carbons (Fsp3) is 0.500. The molecular formula is C18H19ClN2O3. The number of benzene rings is 1. The largest absolute Gasteiger partial charge is 0.333 e. The number of imide groups is 1. The van der Waals surface area contributed by atoms with Crippen molar-refractivity contribution in [2.24, 2.45) is 0 Å². The molecule has 0 aliphatic carbocycles. The van der Waals surface area contributed by atoms with Crippen LogP contribution in [-0.4, -0.2) is 45.6 Å². The van der Waals surface area contributed by atoms with E-state index in [2.05, 4.69) is 0 Å². The topological polar surface area (TPSA) is 57.7 Å². The van der Waals surface area contributed by atoms with Crippen molar-refractivity contribution in [2.45, 2.75) is 56.7 Å². The first-order valence-electron chi connectivity index (χ1n) is 8.47. The second-order valence-electron chi connectivity index (χ2n) is 6.89. The first-order chi connectivity index (χ1) is 11.5. The number of halogens is 1. The van der Waals surface area contributed by atoms with Gasteiger partial charge in [-0.15, -0.1) is 0 Å². The molecule has 3 amide bonds. The monoisotopic (exact) mass is 346 g/mol. The molecule has 5 nitrogen and oxygen atoms in total. The number of rotatable bonds is 2. The smallest absolute Gasteiger partial charge is 0.254 e. The van der Waals surface area contributed by atoms with Crippen molar-refractivity contribution < 1.29 is 14.4 Å². The van der Waals surface area contributed by atoms with Gasteiger partial charge >= 0.3 is 0 Å². The maximum Gasteiger partial charge on any atom is 0.254 e. The third-order valence-electron chi connectivity index (χ3n) is 5.47. The minimum absolute atomic E-state index is 0.00234. The van der Waals surface area contributed by atoms with Crippen molar-refractivity contribution in [3.8, 4) is 0 Å². The number of fused-ring (bicyclic) bond motifs is 2. The van der Waals surface area contributed by atoms with Crippen molar-refractivity contribution in [2.75, 3.05) is 0 Å². The highest BCUT2D eigenvalue weighted by Crippen LogP contribution is 2.39. The SMILES string of the molecule is O=C1CCC(=O)N1C1CC2CCC(C1)N2C(=O)c1cccc(Cl)c1. The van der Waals surface area contributed by atoms with Crippen LogP contribution in [-0.2, 0) is 9.59 Å². The number of piperidine rings is 1. The molecule has 3 saturated heterocycles. The molecule has 0 aromatic heterocycles. The Morgan fingerprint density at radius 1 is 1.00 bits per heavy atom. The summed E-state index contributed by atoms with van der Waals surface area (Å²) in [4.78, 5) is 40.3. The lowest BCUT2D eigenvalue weighted by Gasteiger charge is -2.41. The van der Waals surface area contributed by atoms with Crippen LogP contribution in [0.3, 0.4) is 0 Å². The normalized spacial score (nSPS) is 29.5. The standard InChI is InChI=1S/C18H19ClN2O3/c19-12-3-1-2-11(8-12)18(24)20-13-4-5-14(20)10-15(9-13)21-16(22)6-7-17(21)23/h1-3,8,13-15H,4-7,9-10H2. The number of hydrogen-bond acceptors (Lipinski definition) is 3. The molecule has 0 N–H and O–H groups in total. The molecule has 1 aromatic carbocycles. The Morgan fingerprint density at radius 3 is 2.21 bits per heavy atom. The fourth-order valence-corrected chi connectivity index (χ4v) is 4.65. The van der Waals surface area contributed by atoms with E-state index in [1.807, 2.05) is 4.90 Å². The fourth-order valence-electron chi connectivity index (χ4n) is 4.46. The number of nitrogens with zero attached hydrogens (tertiary/aromatic N) is 2. The molecule has 3 heterocycles. The molecule has 0 spiro atoms. The molecule has 24 heavy (non-hydrogen) atoms. The minimum atomic E-state index is -0.0565. The highest BCUT2D eigenvalue weighted by Gasteiger charge is 2.47. The van der Waals surface area contributed by atoms with Crippen LogP contribution in [0, 0.1) is 0 Å². The van der Waals surface area contributed by atoms with E-state index in [0.29, 0.717) is 36.3 Å². The molecule has 2 atom stereocenters. The van der Waals surface area contributed by atoms with E-state index in [0.717, 1.165) is 12.8 Å². The summed E-state index contributed by atoms with van der Waals surface area (Å²) in [7, 11) is 0. The zero-order chi connectivity index (χ0) is 16.8. The molecule has 126 valence electrons. The van der Waals surface area contributed by atoms with Crippen molar-refractivity contribution in [3.63, 3.8) is 0 Å². The molecule has 4 rings (SSSR count). The van der Waals surface area contributed by atoms with Gasteiger partial charge in [-0.05, 0) is 43.9 Å². The molecule has 1 aromatic rings. The van der Waals surface area contributed by atoms with Gasteiger partial charge in [0.15, 0.2) is 0 Å². The van der Waals surface area contributed by atoms with Crippen LogP contribution in [0.4, 0.5) is 0 Å². The third kappa shape index (κ3) is 2.51. The van der Waals surface area contributed by atoms with Crippen LogP contribution in [0.5, 0.6) is 0 Å². The van der Waals surface area contributed by atoms with E-state index >= 15 is 0 Å². The lowest BCUT2D eigenvalue weighted by atomic mass is 9.95. The van der Waals surface area contributed by atoms with Gasteiger partial charge in [-0.1, -0.05) is 17.7 Å². The Morgan fingerprint density at radius 2 is 1.62 bits per heavy atom. The Bertz CT molecular complexity index is 690. The first kappa shape index (κ1) is 15.6. The average molecular weight is 347 g/mol. The van der Waals surface area contributed by atoms with Crippen LogP contribution < -0.4 is 0 Å². The van der Waals surface area contributed by atoms with Gasteiger partial charge in [0.25, 0.3) is 5.91 Å². The van der Waals surface area contributed by atoms with Gasteiger partial charge in [-0.3, -0.25) is 19.3 Å². The van der Waals surface area contributed by atoms with Gasteiger partial charge < -0.3 is 4.90 Å². The van der Waals surface area contributed by atoms with Gasteiger partial charge in [-0.2, -0.15) is 0 Å². The van der Waals surface area contributed by atoms with Crippen LogP contribution >= 0.6 is 11.6 Å². The number of carbonyl (C=O) groups excluding carboxylic acids is 3. The highest BCUT2D eigenvalue weighted by molar-refractivity contribution is 6.31. The highest BCUT2D eigenvalue weighted by atomic mass is 35.5. The molecule has 3 aliphatic rings. The molecule has 0 saturated carbocycles. The van der Waals surface area contributed by atoms with E-state index in [1.165, 1.54) is 4.90 Å². The Kier molecular flexibility index (Phi) is 3.83. The number of likely N-dealkylation sites (tertiary alicyclic amines) is 1. The summed E-state index contributed by atoms with van der Waals surface area (Å²) in [5.41, 5.74) is 0.603. The summed E-state index contributed by atoms with van der Waals surface area (Å²) in [6.45, 7) is 0. The molecule has 3 fully saturated rings. The predicted octanol–water partition coefficient (Wildman–Crippen LogP) is 2.62. The van der Waals surface area contributed by atoms with Gasteiger partial charge in [0.1, 0.15) is 0 Å². The van der Waals surface area contributed by atoms with Crippen LogP contribution in [0.15, 0.2) is 24.3 Å². The summed E-state index contributed by atoms with van der Waals surface area (Å²) >= 11 is 6.01. The van der Waals surface area contributed by atoms with Crippen molar-refractivity contribution in [3.05, 3.63) is 34.9 Å². The summed E-state index contributed by atoms with van der Waals surface area (Å²) in [6, 6.07) is 7.17. The second-order valence-corrected chi connectivity index (χ2v) is 7.33. The van der Waals surface area contributed by atoms with Crippen LogP contribution in [0.2, 0.25) is 5.02 Å². The Hall–Kier alpha value is -1.88. The molecule has 2 unspecified atom stereocenters. The summed E-state index contributed by atoms with van der Waals surface area (Å²) in [6.07, 6.45) is 3.92. The van der Waals surface area contributed by atoms with Gasteiger partial charge in [0.2, 0.25) is 11.8 Å². The van der Waals surface area contributed by atoms with Crippen LogP contribution in [0.25, 0.3) is 0 Å². The maximum atomic E-state index is 12.9. The molecule has 2 bridgehead atoms. The number of hydrogen-bond donors (Lipinski definition) is 0. The molecule has 3 aliphatic heterocycles. The van der Waals surface area contributed by atoms with E-state index in [9.17, 15) is 14.4 Å². The second kappa shape index (κ2) is 5.88. The molecule has 0 radical (unpaired) electrons. The van der Waals surface area contributed by atoms with E-state index in [4.69, 9.17) is 11.6 Å². The van der Waals surface area contributed by atoms with Crippen molar-refractivity contribution in [1.29, 1.82) is 0 Å². The summed E-state index contributed by atoms with van der Waals surface area (Å²) < 4.78 is 0. The van der Waals surface area contributed by atoms with Gasteiger partial charge in [0, 0.05) is 41.6 Å². The van der Waals surface area contributed by atoms with E-state index in [-0.39, 0.29) is 35.8 Å². The molecule has 6 heteroatoms. The van der Waals surface area contributed by atoms with Gasteiger partial charge in [0.05, 0.1) is 0 Å². The quantitative estimate of drug-likeness (QED) is 0.773. The first-order valence-corrected chi connectivity index (χ1v) is 8.85. The van der Waals surface area contributed by atoms with Crippen molar-refractivity contribution in [1.82, 2.24) is 9.80 Å².